The van der Waals surface area contributed by atoms with E-state index in [4.69, 9.17) is 11.6 Å². The fraction of sp³-hybridized carbons (Fsp3) is 0.143. The van der Waals surface area contributed by atoms with Crippen LogP contribution in [0.5, 0.6) is 0 Å². The van der Waals surface area contributed by atoms with Crippen molar-refractivity contribution in [2.45, 2.75) is 6.42 Å². The number of carbonyl (C=O) groups is 1. The molecule has 0 aliphatic rings. The summed E-state index contributed by atoms with van der Waals surface area (Å²) in [6.07, 6.45) is 4.00. The number of carbonyl (C=O) groups excluding carboxylic acids is 1. The van der Waals surface area contributed by atoms with Crippen LogP contribution in [0.1, 0.15) is 15.9 Å². The summed E-state index contributed by atoms with van der Waals surface area (Å²) >= 11 is 5.88. The van der Waals surface area contributed by atoms with E-state index in [2.05, 4.69) is 10.3 Å². The third-order valence-electron chi connectivity index (χ3n) is 2.84. The molecule has 0 aliphatic heterocycles. The summed E-state index contributed by atoms with van der Waals surface area (Å²) in [4.78, 5) is 26.1. The quantitative estimate of drug-likeness (QED) is 0.679. The Bertz CT molecular complexity index is 662. The average molecular weight is 306 g/mol. The second kappa shape index (κ2) is 6.81. The van der Waals surface area contributed by atoms with E-state index >= 15 is 0 Å². The van der Waals surface area contributed by atoms with Crippen LogP contribution in [0.4, 0.5) is 5.69 Å². The van der Waals surface area contributed by atoms with Crippen molar-refractivity contribution in [2.24, 2.45) is 0 Å². The molecule has 108 valence electrons. The maximum absolute atomic E-state index is 12.0. The molecule has 21 heavy (non-hydrogen) atoms. The van der Waals surface area contributed by atoms with Gasteiger partial charge in [0.15, 0.2) is 0 Å². The standard InChI is InChI=1S/C14H12ClN3O3/c15-13-11(4-1-5-12(13)18(20)21)14(19)17-8-6-10-3-2-7-16-9-10/h1-5,7,9H,6,8H2,(H,17,19). The molecule has 1 aromatic carbocycles. The summed E-state index contributed by atoms with van der Waals surface area (Å²) < 4.78 is 0. The maximum atomic E-state index is 12.0. The fourth-order valence-electron chi connectivity index (χ4n) is 1.80. The first-order valence-corrected chi connectivity index (χ1v) is 6.57. The predicted molar refractivity (Wildman–Crippen MR) is 78.4 cm³/mol. The van der Waals surface area contributed by atoms with E-state index in [1.807, 2.05) is 12.1 Å². The number of pyridine rings is 1. The molecule has 0 aliphatic carbocycles. The van der Waals surface area contributed by atoms with E-state index in [0.717, 1.165) is 5.56 Å². The average Bonchev–Trinajstić information content (AvgIpc) is 2.48. The topological polar surface area (TPSA) is 85.1 Å². The van der Waals surface area contributed by atoms with Crippen LogP contribution >= 0.6 is 11.6 Å². The molecule has 0 radical (unpaired) electrons. The third-order valence-corrected chi connectivity index (χ3v) is 3.24. The minimum Gasteiger partial charge on any atom is -0.352 e. The molecule has 0 unspecified atom stereocenters. The van der Waals surface area contributed by atoms with Gasteiger partial charge in [-0.05, 0) is 24.1 Å². The minimum atomic E-state index is -0.616. The maximum Gasteiger partial charge on any atom is 0.288 e. The zero-order valence-corrected chi connectivity index (χ0v) is 11.7. The zero-order valence-electron chi connectivity index (χ0n) is 11.0. The van der Waals surface area contributed by atoms with Gasteiger partial charge in [-0.3, -0.25) is 19.9 Å². The number of amides is 1. The normalized spacial score (nSPS) is 10.1. The molecule has 2 rings (SSSR count). The fourth-order valence-corrected chi connectivity index (χ4v) is 2.08. The lowest BCUT2D eigenvalue weighted by molar-refractivity contribution is -0.384. The zero-order chi connectivity index (χ0) is 15.2. The second-order valence-electron chi connectivity index (χ2n) is 4.26. The van der Waals surface area contributed by atoms with Gasteiger partial charge in [-0.1, -0.05) is 23.7 Å². The third kappa shape index (κ3) is 3.76. The van der Waals surface area contributed by atoms with Gasteiger partial charge in [0.25, 0.3) is 11.6 Å². The summed E-state index contributed by atoms with van der Waals surface area (Å²) in [5.41, 5.74) is 0.802. The Morgan fingerprint density at radius 2 is 2.14 bits per heavy atom. The molecule has 1 N–H and O–H groups in total. The van der Waals surface area contributed by atoms with Gasteiger partial charge in [-0.15, -0.1) is 0 Å². The van der Waals surface area contributed by atoms with Gasteiger partial charge in [-0.2, -0.15) is 0 Å². The number of halogens is 1. The van der Waals surface area contributed by atoms with Gasteiger partial charge in [0.05, 0.1) is 10.5 Å². The van der Waals surface area contributed by atoms with Crippen LogP contribution in [0, 0.1) is 10.1 Å². The Labute approximate surface area is 125 Å². The molecule has 2 aromatic rings. The van der Waals surface area contributed by atoms with E-state index in [1.165, 1.54) is 18.2 Å². The van der Waals surface area contributed by atoms with Crippen molar-refractivity contribution in [3.63, 3.8) is 0 Å². The highest BCUT2D eigenvalue weighted by molar-refractivity contribution is 6.35. The summed E-state index contributed by atoms with van der Waals surface area (Å²) in [5.74, 6) is -0.437. The van der Waals surface area contributed by atoms with Crippen LogP contribution in [0.3, 0.4) is 0 Å². The van der Waals surface area contributed by atoms with Gasteiger partial charge in [-0.25, -0.2) is 0 Å². The molecular weight excluding hydrogens is 294 g/mol. The van der Waals surface area contributed by atoms with Crippen LogP contribution in [-0.4, -0.2) is 22.4 Å². The first-order valence-electron chi connectivity index (χ1n) is 6.19. The van der Waals surface area contributed by atoms with Gasteiger partial charge in [0, 0.05) is 25.0 Å². The molecule has 1 aromatic heterocycles. The van der Waals surface area contributed by atoms with Crippen LogP contribution in [-0.2, 0) is 6.42 Å². The Morgan fingerprint density at radius 1 is 1.33 bits per heavy atom. The molecule has 1 amide bonds. The predicted octanol–water partition coefficient (Wildman–Crippen LogP) is 2.62. The van der Waals surface area contributed by atoms with Crippen LogP contribution < -0.4 is 5.32 Å². The molecular formula is C14H12ClN3O3. The van der Waals surface area contributed by atoms with Gasteiger partial charge >= 0.3 is 0 Å². The first kappa shape index (κ1) is 14.9. The van der Waals surface area contributed by atoms with Crippen LogP contribution in [0.25, 0.3) is 0 Å². The number of benzene rings is 1. The Hall–Kier alpha value is -2.47. The number of nitro groups is 1. The molecule has 1 heterocycles. The van der Waals surface area contributed by atoms with E-state index in [-0.39, 0.29) is 16.3 Å². The molecule has 6 nitrogen and oxygen atoms in total. The van der Waals surface area contributed by atoms with E-state index in [9.17, 15) is 14.9 Å². The van der Waals surface area contributed by atoms with Gasteiger partial charge in [0.2, 0.25) is 0 Å². The number of hydrogen-bond donors (Lipinski definition) is 1. The number of hydrogen-bond acceptors (Lipinski definition) is 4. The molecule has 0 atom stereocenters. The number of nitrogens with zero attached hydrogens (tertiary/aromatic N) is 2. The van der Waals surface area contributed by atoms with Crippen molar-refractivity contribution in [3.05, 3.63) is 69.0 Å². The lowest BCUT2D eigenvalue weighted by Crippen LogP contribution is -2.26. The number of rotatable bonds is 5. The van der Waals surface area contributed by atoms with Crippen LogP contribution in [0.15, 0.2) is 42.7 Å². The van der Waals surface area contributed by atoms with Gasteiger partial charge in [0.1, 0.15) is 5.02 Å². The number of nitrogens with one attached hydrogen (secondary N) is 1. The van der Waals surface area contributed by atoms with Crippen molar-refractivity contribution in [1.82, 2.24) is 10.3 Å². The molecule has 0 saturated heterocycles. The Balaban J connectivity index is 2.01. The highest BCUT2D eigenvalue weighted by Crippen LogP contribution is 2.27. The summed E-state index contributed by atoms with van der Waals surface area (Å²) in [6, 6.07) is 7.86. The molecule has 0 spiro atoms. The number of nitro benzene ring substituents is 1. The van der Waals surface area contributed by atoms with Crippen molar-refractivity contribution < 1.29 is 9.72 Å². The minimum absolute atomic E-state index is 0.0945. The monoisotopic (exact) mass is 305 g/mol. The van der Waals surface area contributed by atoms with Crippen molar-refractivity contribution in [3.8, 4) is 0 Å². The van der Waals surface area contributed by atoms with Crippen molar-refractivity contribution >= 4 is 23.2 Å². The Kier molecular flexibility index (Phi) is 4.84. The lowest BCUT2D eigenvalue weighted by atomic mass is 10.1. The smallest absolute Gasteiger partial charge is 0.288 e. The molecule has 0 bridgehead atoms. The largest absolute Gasteiger partial charge is 0.352 e. The molecule has 7 heteroatoms. The lowest BCUT2D eigenvalue weighted by Gasteiger charge is -2.07. The second-order valence-corrected chi connectivity index (χ2v) is 4.64. The summed E-state index contributed by atoms with van der Waals surface area (Å²) in [5, 5.41) is 13.3. The first-order chi connectivity index (χ1) is 10.1. The number of aromatic nitrogens is 1. The van der Waals surface area contributed by atoms with Crippen LogP contribution in [0.2, 0.25) is 5.02 Å². The Morgan fingerprint density at radius 3 is 2.81 bits per heavy atom. The highest BCUT2D eigenvalue weighted by atomic mass is 35.5. The van der Waals surface area contributed by atoms with Crippen molar-refractivity contribution in [1.29, 1.82) is 0 Å². The van der Waals surface area contributed by atoms with E-state index in [0.29, 0.717) is 13.0 Å². The molecule has 0 saturated carbocycles. The summed E-state index contributed by atoms with van der Waals surface area (Å²) in [7, 11) is 0. The SMILES string of the molecule is O=C(NCCc1cccnc1)c1cccc([N+](=O)[O-])c1Cl. The van der Waals surface area contributed by atoms with E-state index in [1.54, 1.807) is 12.4 Å². The molecule has 0 fully saturated rings. The van der Waals surface area contributed by atoms with Crippen molar-refractivity contribution in [2.75, 3.05) is 6.54 Å². The van der Waals surface area contributed by atoms with E-state index < -0.39 is 10.8 Å². The van der Waals surface area contributed by atoms with Gasteiger partial charge < -0.3 is 5.32 Å². The highest BCUT2D eigenvalue weighted by Gasteiger charge is 2.19. The summed E-state index contributed by atoms with van der Waals surface area (Å²) in [6.45, 7) is 0.392.